The van der Waals surface area contributed by atoms with Gasteiger partial charge in [0.25, 0.3) is 0 Å². The first-order chi connectivity index (χ1) is 9.76. The number of nitrogens with one attached hydrogen (secondary N) is 2. The Hall–Kier alpha value is -2.13. The van der Waals surface area contributed by atoms with Crippen LogP contribution in [0.3, 0.4) is 0 Å². The van der Waals surface area contributed by atoms with E-state index < -0.39 is 0 Å². The fourth-order valence-corrected chi connectivity index (χ4v) is 2.35. The number of hydrogen-bond acceptors (Lipinski definition) is 2. The molecule has 3 aromatic rings. The number of ether oxygens (including phenoxy) is 1. The van der Waals surface area contributed by atoms with Crippen molar-refractivity contribution < 1.29 is 4.74 Å². The van der Waals surface area contributed by atoms with E-state index in [0.29, 0.717) is 11.6 Å². The third-order valence-electron chi connectivity index (χ3n) is 3.28. The van der Waals surface area contributed by atoms with Gasteiger partial charge in [-0.1, -0.05) is 23.7 Å². The molecule has 20 heavy (non-hydrogen) atoms. The SMILES string of the molecule is COc1ccc(Cl)c(NCc2ccc3cc[nH]c3c2)c1. The van der Waals surface area contributed by atoms with E-state index in [1.165, 1.54) is 10.9 Å². The Labute approximate surface area is 122 Å². The van der Waals surface area contributed by atoms with Crippen molar-refractivity contribution >= 4 is 28.2 Å². The number of hydrogen-bond donors (Lipinski definition) is 2. The lowest BCUT2D eigenvalue weighted by atomic mass is 10.1. The summed E-state index contributed by atoms with van der Waals surface area (Å²) < 4.78 is 5.21. The number of rotatable bonds is 4. The highest BCUT2D eigenvalue weighted by atomic mass is 35.5. The zero-order valence-electron chi connectivity index (χ0n) is 11.1. The molecular weight excluding hydrogens is 272 g/mol. The Balaban J connectivity index is 1.78. The maximum Gasteiger partial charge on any atom is 0.121 e. The van der Waals surface area contributed by atoms with Crippen LogP contribution in [0.15, 0.2) is 48.7 Å². The van der Waals surface area contributed by atoms with E-state index in [1.807, 2.05) is 24.4 Å². The molecule has 0 aliphatic heterocycles. The molecule has 2 aromatic carbocycles. The van der Waals surface area contributed by atoms with Gasteiger partial charge in [0.2, 0.25) is 0 Å². The zero-order valence-corrected chi connectivity index (χ0v) is 11.9. The molecule has 3 nitrogen and oxygen atoms in total. The monoisotopic (exact) mass is 286 g/mol. The second-order valence-corrected chi connectivity index (χ2v) is 5.01. The van der Waals surface area contributed by atoms with Crippen LogP contribution in [0.2, 0.25) is 5.02 Å². The average molecular weight is 287 g/mol. The van der Waals surface area contributed by atoms with Gasteiger partial charge in [-0.05, 0) is 35.2 Å². The topological polar surface area (TPSA) is 37.0 Å². The van der Waals surface area contributed by atoms with Crippen LogP contribution in [0.5, 0.6) is 5.75 Å². The normalized spacial score (nSPS) is 10.7. The minimum Gasteiger partial charge on any atom is -0.497 e. The smallest absolute Gasteiger partial charge is 0.121 e. The van der Waals surface area contributed by atoms with Gasteiger partial charge in [-0.25, -0.2) is 0 Å². The van der Waals surface area contributed by atoms with Crippen molar-refractivity contribution in [2.75, 3.05) is 12.4 Å². The predicted octanol–water partition coefficient (Wildman–Crippen LogP) is 4.44. The first-order valence-corrected chi connectivity index (χ1v) is 6.77. The molecule has 0 aliphatic rings. The van der Waals surface area contributed by atoms with Crippen LogP contribution in [0.1, 0.15) is 5.56 Å². The molecule has 1 heterocycles. The molecule has 0 fully saturated rings. The van der Waals surface area contributed by atoms with Crippen molar-refractivity contribution in [3.63, 3.8) is 0 Å². The largest absolute Gasteiger partial charge is 0.497 e. The van der Waals surface area contributed by atoms with Crippen molar-refractivity contribution in [2.45, 2.75) is 6.54 Å². The Morgan fingerprint density at radius 1 is 1.15 bits per heavy atom. The number of halogens is 1. The summed E-state index contributed by atoms with van der Waals surface area (Å²) in [5, 5.41) is 5.24. The second kappa shape index (κ2) is 5.47. The van der Waals surface area contributed by atoms with Crippen molar-refractivity contribution in [3.8, 4) is 5.75 Å². The van der Waals surface area contributed by atoms with Gasteiger partial charge in [-0.3, -0.25) is 0 Å². The van der Waals surface area contributed by atoms with E-state index in [0.717, 1.165) is 17.0 Å². The van der Waals surface area contributed by atoms with Gasteiger partial charge in [-0.2, -0.15) is 0 Å². The highest BCUT2D eigenvalue weighted by Crippen LogP contribution is 2.27. The number of H-pyrrole nitrogens is 1. The minimum absolute atomic E-state index is 0.687. The standard InChI is InChI=1S/C16H15ClN2O/c1-20-13-4-5-14(17)16(9-13)19-10-11-2-3-12-6-7-18-15(12)8-11/h2-9,18-19H,10H2,1H3. The number of benzene rings is 2. The molecule has 0 saturated carbocycles. The van der Waals surface area contributed by atoms with Gasteiger partial charge in [-0.15, -0.1) is 0 Å². The lowest BCUT2D eigenvalue weighted by Gasteiger charge is -2.10. The molecule has 0 saturated heterocycles. The molecule has 0 amide bonds. The van der Waals surface area contributed by atoms with Crippen LogP contribution in [0.25, 0.3) is 10.9 Å². The fraction of sp³-hybridized carbons (Fsp3) is 0.125. The first-order valence-electron chi connectivity index (χ1n) is 6.40. The lowest BCUT2D eigenvalue weighted by Crippen LogP contribution is -2.00. The average Bonchev–Trinajstić information content (AvgIpc) is 2.94. The summed E-state index contributed by atoms with van der Waals surface area (Å²) in [4.78, 5) is 3.21. The summed E-state index contributed by atoms with van der Waals surface area (Å²) in [5.41, 5.74) is 3.21. The highest BCUT2D eigenvalue weighted by Gasteiger charge is 2.03. The van der Waals surface area contributed by atoms with Gasteiger partial charge in [0.05, 0.1) is 17.8 Å². The molecule has 0 radical (unpaired) electrons. The molecule has 102 valence electrons. The van der Waals surface area contributed by atoms with Gasteiger partial charge in [0.15, 0.2) is 0 Å². The van der Waals surface area contributed by atoms with Crippen LogP contribution in [0.4, 0.5) is 5.69 Å². The molecule has 0 spiro atoms. The number of methoxy groups -OCH3 is 1. The van der Waals surface area contributed by atoms with Crippen molar-refractivity contribution in [3.05, 3.63) is 59.2 Å². The summed E-state index contributed by atoms with van der Waals surface area (Å²) in [6, 6.07) is 14.0. The summed E-state index contributed by atoms with van der Waals surface area (Å²) >= 11 is 6.17. The molecular formula is C16H15ClN2O. The molecule has 1 aromatic heterocycles. The van der Waals surface area contributed by atoms with E-state index in [1.54, 1.807) is 7.11 Å². The predicted molar refractivity (Wildman–Crippen MR) is 83.6 cm³/mol. The van der Waals surface area contributed by atoms with Crippen molar-refractivity contribution in [2.24, 2.45) is 0 Å². The van der Waals surface area contributed by atoms with Crippen LogP contribution < -0.4 is 10.1 Å². The van der Waals surface area contributed by atoms with Crippen molar-refractivity contribution in [1.29, 1.82) is 0 Å². The quantitative estimate of drug-likeness (QED) is 0.744. The fourth-order valence-electron chi connectivity index (χ4n) is 2.17. The van der Waals surface area contributed by atoms with E-state index in [4.69, 9.17) is 16.3 Å². The maximum atomic E-state index is 6.17. The summed E-state index contributed by atoms with van der Waals surface area (Å²) in [7, 11) is 1.65. The third kappa shape index (κ3) is 2.58. The van der Waals surface area contributed by atoms with Gasteiger partial charge < -0.3 is 15.0 Å². The van der Waals surface area contributed by atoms with Gasteiger partial charge in [0.1, 0.15) is 5.75 Å². The molecule has 3 rings (SSSR count). The maximum absolute atomic E-state index is 6.17. The highest BCUT2D eigenvalue weighted by molar-refractivity contribution is 6.33. The molecule has 0 atom stereocenters. The third-order valence-corrected chi connectivity index (χ3v) is 3.61. The Morgan fingerprint density at radius 2 is 2.05 bits per heavy atom. The summed E-state index contributed by atoms with van der Waals surface area (Å²) in [5.74, 6) is 0.789. The number of fused-ring (bicyclic) bond motifs is 1. The molecule has 0 bridgehead atoms. The second-order valence-electron chi connectivity index (χ2n) is 4.60. The van der Waals surface area contributed by atoms with E-state index >= 15 is 0 Å². The molecule has 2 N–H and O–H groups in total. The van der Waals surface area contributed by atoms with Crippen LogP contribution in [-0.4, -0.2) is 12.1 Å². The zero-order chi connectivity index (χ0) is 13.9. The summed E-state index contributed by atoms with van der Waals surface area (Å²) in [6.45, 7) is 0.710. The van der Waals surface area contributed by atoms with Gasteiger partial charge in [0, 0.05) is 24.3 Å². The van der Waals surface area contributed by atoms with Gasteiger partial charge >= 0.3 is 0 Å². The first kappa shape index (κ1) is 12.9. The Bertz CT molecular complexity index is 736. The van der Waals surface area contributed by atoms with E-state index in [-0.39, 0.29) is 0 Å². The van der Waals surface area contributed by atoms with E-state index in [9.17, 15) is 0 Å². The summed E-state index contributed by atoms with van der Waals surface area (Å²) in [6.07, 6.45) is 1.95. The molecule has 0 aliphatic carbocycles. The van der Waals surface area contributed by atoms with Crippen LogP contribution >= 0.6 is 11.6 Å². The van der Waals surface area contributed by atoms with Crippen LogP contribution in [-0.2, 0) is 6.54 Å². The molecule has 0 unspecified atom stereocenters. The Morgan fingerprint density at radius 3 is 2.90 bits per heavy atom. The molecule has 4 heteroatoms. The lowest BCUT2D eigenvalue weighted by molar-refractivity contribution is 0.415. The Kier molecular flexibility index (Phi) is 3.52. The number of aromatic nitrogens is 1. The van der Waals surface area contributed by atoms with Crippen LogP contribution in [0, 0.1) is 0 Å². The van der Waals surface area contributed by atoms with Crippen molar-refractivity contribution in [1.82, 2.24) is 4.98 Å². The number of anilines is 1. The van der Waals surface area contributed by atoms with E-state index in [2.05, 4.69) is 34.6 Å². The number of aromatic amines is 1. The minimum atomic E-state index is 0.687.